The maximum Gasteiger partial charge on any atom is 0.168 e. The van der Waals surface area contributed by atoms with Crippen LogP contribution in [-0.2, 0) is 4.74 Å². The predicted molar refractivity (Wildman–Crippen MR) is 78.5 cm³/mol. The van der Waals surface area contributed by atoms with Crippen molar-refractivity contribution in [2.24, 2.45) is 5.92 Å². The van der Waals surface area contributed by atoms with Gasteiger partial charge in [-0.25, -0.2) is 4.39 Å². The summed E-state index contributed by atoms with van der Waals surface area (Å²) in [6.07, 6.45) is 2.43. The molecule has 3 rings (SSSR count). The molecule has 0 amide bonds. The molecule has 2 aliphatic heterocycles. The lowest BCUT2D eigenvalue weighted by Crippen LogP contribution is -2.42. The Balaban J connectivity index is 1.81. The summed E-state index contributed by atoms with van der Waals surface area (Å²) in [6, 6.07) is 4.44. The van der Waals surface area contributed by atoms with Crippen molar-refractivity contribution in [1.29, 1.82) is 0 Å². The summed E-state index contributed by atoms with van der Waals surface area (Å²) >= 11 is 1.87. The van der Waals surface area contributed by atoms with E-state index in [4.69, 9.17) is 10.5 Å². The third-order valence-corrected chi connectivity index (χ3v) is 5.47. The highest BCUT2D eigenvalue weighted by atomic mass is 32.2. The topological polar surface area (TPSA) is 52.3 Å². The minimum atomic E-state index is -0.519. The molecule has 2 N–H and O–H groups in total. The Morgan fingerprint density at radius 2 is 2.35 bits per heavy atom. The Morgan fingerprint density at radius 1 is 1.50 bits per heavy atom. The van der Waals surface area contributed by atoms with Gasteiger partial charge in [0.2, 0.25) is 0 Å². The van der Waals surface area contributed by atoms with Crippen LogP contribution in [0.5, 0.6) is 0 Å². The second-order valence-corrected chi connectivity index (χ2v) is 6.69. The van der Waals surface area contributed by atoms with E-state index in [2.05, 4.69) is 0 Å². The summed E-state index contributed by atoms with van der Waals surface area (Å²) in [5.41, 5.74) is 5.84. The van der Waals surface area contributed by atoms with E-state index in [0.29, 0.717) is 18.6 Å². The van der Waals surface area contributed by atoms with E-state index in [0.717, 1.165) is 24.3 Å². The largest absolute Gasteiger partial charge is 0.396 e. The maximum absolute atomic E-state index is 13.5. The minimum Gasteiger partial charge on any atom is -0.396 e. The Kier molecular flexibility index (Phi) is 3.73. The van der Waals surface area contributed by atoms with Crippen LogP contribution in [0.15, 0.2) is 18.2 Å². The Morgan fingerprint density at radius 3 is 3.10 bits per heavy atom. The number of carbonyl (C=O) groups is 1. The molecule has 20 heavy (non-hydrogen) atoms. The molecular weight excluding hydrogens is 277 g/mol. The van der Waals surface area contributed by atoms with Gasteiger partial charge in [-0.05, 0) is 37.1 Å². The average molecular weight is 295 g/mol. The number of ether oxygens (including phenoxy) is 1. The van der Waals surface area contributed by atoms with Crippen LogP contribution in [0.3, 0.4) is 0 Å². The van der Waals surface area contributed by atoms with Crippen molar-refractivity contribution >= 4 is 23.2 Å². The Hall–Kier alpha value is -1.07. The number of para-hydroxylation sites is 1. The first-order chi connectivity index (χ1) is 9.61. The van der Waals surface area contributed by atoms with Crippen molar-refractivity contribution < 1.29 is 13.9 Å². The summed E-state index contributed by atoms with van der Waals surface area (Å²) in [6.45, 7) is 0.603. The van der Waals surface area contributed by atoms with E-state index in [1.54, 1.807) is 12.1 Å². The summed E-state index contributed by atoms with van der Waals surface area (Å²) in [5.74, 6) is 1.38. The highest BCUT2D eigenvalue weighted by Gasteiger charge is 2.42. The first-order valence-electron chi connectivity index (χ1n) is 6.91. The van der Waals surface area contributed by atoms with Gasteiger partial charge in [0.25, 0.3) is 0 Å². The monoisotopic (exact) mass is 295 g/mol. The fourth-order valence-electron chi connectivity index (χ4n) is 3.09. The fraction of sp³-hybridized carbons (Fsp3) is 0.533. The molecule has 0 bridgehead atoms. The quantitative estimate of drug-likeness (QED) is 0.673. The second-order valence-electron chi connectivity index (χ2n) is 5.59. The predicted octanol–water partition coefficient (Wildman–Crippen LogP) is 2.89. The normalized spacial score (nSPS) is 29.8. The van der Waals surface area contributed by atoms with E-state index in [-0.39, 0.29) is 23.0 Å². The molecule has 0 aromatic heterocycles. The molecule has 1 aromatic rings. The van der Waals surface area contributed by atoms with Crippen molar-refractivity contribution in [3.05, 3.63) is 29.6 Å². The lowest BCUT2D eigenvalue weighted by molar-refractivity contribution is -0.0734. The van der Waals surface area contributed by atoms with Crippen LogP contribution in [-0.4, -0.2) is 29.5 Å². The minimum absolute atomic E-state index is 0.0289. The zero-order valence-electron chi connectivity index (χ0n) is 11.2. The number of thioether (sulfide) groups is 1. The molecular formula is C15H18FNO2S. The number of hydrogen-bond donors (Lipinski definition) is 1. The average Bonchev–Trinajstić information content (AvgIpc) is 2.89. The molecule has 2 fully saturated rings. The third-order valence-electron chi connectivity index (χ3n) is 4.25. The highest BCUT2D eigenvalue weighted by molar-refractivity contribution is 7.99. The highest BCUT2D eigenvalue weighted by Crippen LogP contribution is 2.41. The SMILES string of the molecule is Nc1c(F)cccc1C(=O)C1CCOC2(CCSC2)C1. The van der Waals surface area contributed by atoms with Crippen LogP contribution in [0.1, 0.15) is 29.6 Å². The molecule has 1 aromatic carbocycles. The van der Waals surface area contributed by atoms with Crippen LogP contribution < -0.4 is 5.73 Å². The molecule has 2 aliphatic rings. The van der Waals surface area contributed by atoms with E-state index >= 15 is 0 Å². The molecule has 1 spiro atoms. The summed E-state index contributed by atoms with van der Waals surface area (Å²) in [5, 5.41) is 0. The van der Waals surface area contributed by atoms with Crippen LogP contribution in [0, 0.1) is 11.7 Å². The number of anilines is 1. The number of Topliss-reactive ketones (excluding diaryl/α,β-unsaturated/α-hetero) is 1. The number of halogens is 1. The van der Waals surface area contributed by atoms with Crippen LogP contribution >= 0.6 is 11.8 Å². The second kappa shape index (κ2) is 5.37. The lowest BCUT2D eigenvalue weighted by atomic mass is 9.81. The van der Waals surface area contributed by atoms with Gasteiger partial charge in [0.05, 0.1) is 11.3 Å². The number of carbonyl (C=O) groups excluding carboxylic acids is 1. The van der Waals surface area contributed by atoms with Gasteiger partial charge in [-0.1, -0.05) is 6.07 Å². The number of ketones is 1. The third kappa shape index (κ3) is 2.44. The van der Waals surface area contributed by atoms with Crippen LogP contribution in [0.2, 0.25) is 0 Å². The van der Waals surface area contributed by atoms with Gasteiger partial charge >= 0.3 is 0 Å². The number of rotatable bonds is 2. The van der Waals surface area contributed by atoms with Gasteiger partial charge in [-0.15, -0.1) is 0 Å². The van der Waals surface area contributed by atoms with Crippen LogP contribution in [0.25, 0.3) is 0 Å². The van der Waals surface area contributed by atoms with E-state index < -0.39 is 5.82 Å². The van der Waals surface area contributed by atoms with Gasteiger partial charge in [0.1, 0.15) is 5.82 Å². The van der Waals surface area contributed by atoms with E-state index in [1.807, 2.05) is 11.8 Å². The van der Waals surface area contributed by atoms with Gasteiger partial charge in [0, 0.05) is 23.8 Å². The summed E-state index contributed by atoms with van der Waals surface area (Å²) in [7, 11) is 0. The molecule has 0 aliphatic carbocycles. The first kappa shape index (κ1) is 13.9. The van der Waals surface area contributed by atoms with Gasteiger partial charge in [-0.2, -0.15) is 11.8 Å². The molecule has 2 heterocycles. The standard InChI is InChI=1S/C15H18FNO2S/c16-12-3-1-2-11(13(12)17)14(18)10-4-6-19-15(8-10)5-7-20-9-15/h1-3,10H,4-9,17H2. The van der Waals surface area contributed by atoms with Crippen molar-refractivity contribution in [2.45, 2.75) is 24.9 Å². The Bertz CT molecular complexity index is 529. The fourth-order valence-corrected chi connectivity index (χ4v) is 4.46. The Labute approximate surface area is 122 Å². The summed E-state index contributed by atoms with van der Waals surface area (Å²) < 4.78 is 19.4. The number of benzene rings is 1. The van der Waals surface area contributed by atoms with E-state index in [9.17, 15) is 9.18 Å². The smallest absolute Gasteiger partial charge is 0.168 e. The molecule has 2 saturated heterocycles. The molecule has 0 saturated carbocycles. The van der Waals surface area contributed by atoms with Gasteiger partial charge in [0.15, 0.2) is 5.78 Å². The van der Waals surface area contributed by atoms with Crippen molar-refractivity contribution in [3.63, 3.8) is 0 Å². The summed E-state index contributed by atoms with van der Waals surface area (Å²) in [4.78, 5) is 12.6. The molecule has 108 valence electrons. The maximum atomic E-state index is 13.5. The number of nitrogens with two attached hydrogens (primary N) is 1. The molecule has 0 radical (unpaired) electrons. The molecule has 5 heteroatoms. The molecule has 3 nitrogen and oxygen atoms in total. The molecule has 2 atom stereocenters. The van der Waals surface area contributed by atoms with Gasteiger partial charge < -0.3 is 10.5 Å². The zero-order valence-corrected chi connectivity index (χ0v) is 12.0. The van der Waals surface area contributed by atoms with Crippen molar-refractivity contribution in [2.75, 3.05) is 23.8 Å². The van der Waals surface area contributed by atoms with Gasteiger partial charge in [-0.3, -0.25) is 4.79 Å². The molecule has 2 unspecified atom stereocenters. The lowest BCUT2D eigenvalue weighted by Gasteiger charge is -2.37. The number of nitrogen functional groups attached to an aromatic ring is 1. The van der Waals surface area contributed by atoms with Crippen molar-refractivity contribution in [3.8, 4) is 0 Å². The van der Waals surface area contributed by atoms with Crippen LogP contribution in [0.4, 0.5) is 10.1 Å². The first-order valence-corrected chi connectivity index (χ1v) is 8.07. The zero-order chi connectivity index (χ0) is 14.2. The van der Waals surface area contributed by atoms with E-state index in [1.165, 1.54) is 6.07 Å². The van der Waals surface area contributed by atoms with Crippen molar-refractivity contribution in [1.82, 2.24) is 0 Å². The number of hydrogen-bond acceptors (Lipinski definition) is 4.